The molecule has 5 nitrogen and oxygen atoms in total. The molecule has 108 valence electrons. The number of sulfone groups is 1. The molecule has 0 aliphatic rings. The Labute approximate surface area is 118 Å². The van der Waals surface area contributed by atoms with Crippen LogP contribution in [0.15, 0.2) is 23.1 Å². The molecule has 0 saturated carbocycles. The predicted octanol–water partition coefficient (Wildman–Crippen LogP) is 1.20. The van der Waals surface area contributed by atoms with Crippen molar-refractivity contribution in [3.05, 3.63) is 18.2 Å². The number of anilines is 2. The van der Waals surface area contributed by atoms with Crippen LogP contribution in [0.4, 0.5) is 11.4 Å². The molecular formula is C12H20N2O3S2. The van der Waals surface area contributed by atoms with Gasteiger partial charge in [0.05, 0.1) is 21.9 Å². The molecule has 7 heteroatoms. The number of aliphatic hydroxyl groups is 1. The molecule has 1 rings (SSSR count). The molecule has 0 radical (unpaired) electrons. The zero-order valence-electron chi connectivity index (χ0n) is 11.3. The van der Waals surface area contributed by atoms with E-state index in [1.807, 2.05) is 6.26 Å². The Morgan fingerprint density at radius 3 is 2.58 bits per heavy atom. The van der Waals surface area contributed by atoms with Crippen molar-refractivity contribution >= 4 is 33.0 Å². The first-order chi connectivity index (χ1) is 8.65. The minimum Gasteiger partial charge on any atom is -0.397 e. The van der Waals surface area contributed by atoms with Crippen LogP contribution < -0.4 is 11.1 Å². The van der Waals surface area contributed by atoms with Gasteiger partial charge in [0.1, 0.15) is 0 Å². The maximum Gasteiger partial charge on any atom is 0.175 e. The van der Waals surface area contributed by atoms with Crippen LogP contribution in [0.2, 0.25) is 0 Å². The van der Waals surface area contributed by atoms with E-state index in [9.17, 15) is 13.5 Å². The van der Waals surface area contributed by atoms with Crippen molar-refractivity contribution in [3.8, 4) is 0 Å². The molecule has 0 bridgehead atoms. The van der Waals surface area contributed by atoms with Crippen molar-refractivity contribution < 1.29 is 13.5 Å². The first-order valence-corrected chi connectivity index (χ1v) is 8.99. The van der Waals surface area contributed by atoms with Gasteiger partial charge in [0, 0.05) is 18.6 Å². The Hall–Kier alpha value is -0.920. The lowest BCUT2D eigenvalue weighted by atomic mass is 10.1. The lowest BCUT2D eigenvalue weighted by Crippen LogP contribution is -2.36. The molecule has 0 aromatic heterocycles. The number of hydrogen-bond donors (Lipinski definition) is 3. The van der Waals surface area contributed by atoms with Gasteiger partial charge in [0.25, 0.3) is 0 Å². The number of nitrogen functional groups attached to an aromatic ring is 1. The molecule has 19 heavy (non-hydrogen) atoms. The van der Waals surface area contributed by atoms with Gasteiger partial charge in [-0.05, 0) is 31.4 Å². The molecule has 1 aromatic rings. The lowest BCUT2D eigenvalue weighted by Gasteiger charge is -2.23. The monoisotopic (exact) mass is 304 g/mol. The molecule has 0 saturated heterocycles. The molecule has 0 amide bonds. The van der Waals surface area contributed by atoms with Crippen molar-refractivity contribution in [3.63, 3.8) is 0 Å². The third-order valence-electron chi connectivity index (χ3n) is 2.57. The average molecular weight is 304 g/mol. The molecule has 4 N–H and O–H groups in total. The summed E-state index contributed by atoms with van der Waals surface area (Å²) in [6.45, 7) is 2.08. The predicted molar refractivity (Wildman–Crippen MR) is 81.5 cm³/mol. The summed E-state index contributed by atoms with van der Waals surface area (Å²) in [4.78, 5) is 0.187. The highest BCUT2D eigenvalue weighted by Gasteiger charge is 2.19. The summed E-state index contributed by atoms with van der Waals surface area (Å²) in [5, 5.41) is 13.1. The number of rotatable bonds is 6. The van der Waals surface area contributed by atoms with Crippen molar-refractivity contribution in [1.82, 2.24) is 0 Å². The van der Waals surface area contributed by atoms with Gasteiger partial charge in [-0.15, -0.1) is 0 Å². The lowest BCUT2D eigenvalue weighted by molar-refractivity contribution is 0.0997. The van der Waals surface area contributed by atoms with Gasteiger partial charge in [-0.1, -0.05) is 0 Å². The molecule has 1 unspecified atom stereocenters. The number of benzene rings is 1. The quantitative estimate of drug-likeness (QED) is 0.684. The van der Waals surface area contributed by atoms with Crippen molar-refractivity contribution in [2.24, 2.45) is 0 Å². The van der Waals surface area contributed by atoms with Crippen LogP contribution in [0, 0.1) is 0 Å². The summed E-state index contributed by atoms with van der Waals surface area (Å²) in [7, 11) is -3.25. The summed E-state index contributed by atoms with van der Waals surface area (Å²) in [6, 6.07) is 4.53. The number of hydrogen-bond acceptors (Lipinski definition) is 6. The standard InChI is InChI=1S/C12H20N2O3S2/c1-12(15,8-18-2)7-14-11-5-4-9(6-10(11)13)19(3,16)17/h4-6,14-15H,7-8,13H2,1-3H3. The minimum atomic E-state index is -3.25. The summed E-state index contributed by atoms with van der Waals surface area (Å²) >= 11 is 1.55. The van der Waals surface area contributed by atoms with E-state index in [1.165, 1.54) is 12.1 Å². The maximum atomic E-state index is 11.4. The first-order valence-electron chi connectivity index (χ1n) is 5.70. The van der Waals surface area contributed by atoms with E-state index in [1.54, 1.807) is 24.8 Å². The second-order valence-corrected chi connectivity index (χ2v) is 7.69. The van der Waals surface area contributed by atoms with Crippen LogP contribution in [0.25, 0.3) is 0 Å². The largest absolute Gasteiger partial charge is 0.397 e. The zero-order valence-corrected chi connectivity index (χ0v) is 12.9. The van der Waals surface area contributed by atoms with E-state index in [0.717, 1.165) is 6.26 Å². The number of thioether (sulfide) groups is 1. The molecule has 0 aliphatic heterocycles. The fraction of sp³-hybridized carbons (Fsp3) is 0.500. The van der Waals surface area contributed by atoms with Crippen molar-refractivity contribution in [2.75, 3.05) is 35.9 Å². The fourth-order valence-electron chi connectivity index (χ4n) is 1.58. The number of nitrogens with two attached hydrogens (primary N) is 1. The fourth-order valence-corrected chi connectivity index (χ4v) is 2.96. The van der Waals surface area contributed by atoms with E-state index < -0.39 is 15.4 Å². The minimum absolute atomic E-state index is 0.187. The van der Waals surface area contributed by atoms with Gasteiger partial charge < -0.3 is 16.2 Å². The highest BCUT2D eigenvalue weighted by atomic mass is 32.2. The topological polar surface area (TPSA) is 92.4 Å². The average Bonchev–Trinajstić information content (AvgIpc) is 2.26. The van der Waals surface area contributed by atoms with Gasteiger partial charge in [-0.2, -0.15) is 11.8 Å². The Balaban J connectivity index is 2.82. The molecule has 0 spiro atoms. The van der Waals surface area contributed by atoms with Crippen LogP contribution in [0.3, 0.4) is 0 Å². The SMILES string of the molecule is CSCC(C)(O)CNc1ccc(S(C)(=O)=O)cc1N. The van der Waals surface area contributed by atoms with Crippen LogP contribution in [0.5, 0.6) is 0 Å². The summed E-state index contributed by atoms with van der Waals surface area (Å²) in [5.41, 5.74) is 5.93. The van der Waals surface area contributed by atoms with Crippen LogP contribution in [0.1, 0.15) is 6.92 Å². The molecular weight excluding hydrogens is 284 g/mol. The maximum absolute atomic E-state index is 11.4. The number of nitrogens with one attached hydrogen (secondary N) is 1. The highest BCUT2D eigenvalue weighted by Crippen LogP contribution is 2.23. The molecule has 1 aromatic carbocycles. The Bertz CT molecular complexity index is 542. The molecule has 0 heterocycles. The van der Waals surface area contributed by atoms with E-state index in [2.05, 4.69) is 5.32 Å². The summed E-state index contributed by atoms with van der Waals surface area (Å²) in [5.74, 6) is 0.599. The molecule has 0 aliphatic carbocycles. The Morgan fingerprint density at radius 1 is 1.47 bits per heavy atom. The van der Waals surface area contributed by atoms with E-state index in [4.69, 9.17) is 5.73 Å². The van der Waals surface area contributed by atoms with E-state index >= 15 is 0 Å². The summed E-state index contributed by atoms with van der Waals surface area (Å²) in [6.07, 6.45) is 3.06. The van der Waals surface area contributed by atoms with Gasteiger partial charge in [0.15, 0.2) is 9.84 Å². The second-order valence-electron chi connectivity index (χ2n) is 4.80. The van der Waals surface area contributed by atoms with Crippen LogP contribution in [-0.4, -0.2) is 43.9 Å². The van der Waals surface area contributed by atoms with Crippen molar-refractivity contribution in [2.45, 2.75) is 17.4 Å². The van der Waals surface area contributed by atoms with Crippen LogP contribution >= 0.6 is 11.8 Å². The zero-order chi connectivity index (χ0) is 14.7. The van der Waals surface area contributed by atoms with Gasteiger partial charge in [-0.3, -0.25) is 0 Å². The third-order valence-corrected chi connectivity index (χ3v) is 4.59. The normalized spacial score (nSPS) is 14.9. The Morgan fingerprint density at radius 2 is 2.11 bits per heavy atom. The van der Waals surface area contributed by atoms with E-state index in [0.29, 0.717) is 23.7 Å². The summed E-state index contributed by atoms with van der Waals surface area (Å²) < 4.78 is 22.8. The van der Waals surface area contributed by atoms with Gasteiger partial charge >= 0.3 is 0 Å². The van der Waals surface area contributed by atoms with Gasteiger partial charge in [0.2, 0.25) is 0 Å². The third kappa shape index (κ3) is 4.93. The van der Waals surface area contributed by atoms with E-state index in [-0.39, 0.29) is 4.90 Å². The highest BCUT2D eigenvalue weighted by molar-refractivity contribution is 7.98. The first kappa shape index (κ1) is 16.1. The second kappa shape index (κ2) is 6.02. The smallest absolute Gasteiger partial charge is 0.175 e. The van der Waals surface area contributed by atoms with Crippen LogP contribution in [-0.2, 0) is 9.84 Å². The molecule has 0 fully saturated rings. The molecule has 1 atom stereocenters. The van der Waals surface area contributed by atoms with Crippen molar-refractivity contribution in [1.29, 1.82) is 0 Å². The van der Waals surface area contributed by atoms with Gasteiger partial charge in [-0.25, -0.2) is 8.42 Å². The Kier molecular flexibility index (Phi) is 5.11.